The summed E-state index contributed by atoms with van der Waals surface area (Å²) in [5, 5.41) is 3.31. The zero-order valence-electron chi connectivity index (χ0n) is 14.8. The molecule has 2 aliphatic rings. The number of carbonyl (C=O) groups excluding carboxylic acids is 1. The largest absolute Gasteiger partial charge is 0.491 e. The van der Waals surface area contributed by atoms with Crippen LogP contribution in [0.5, 0.6) is 5.75 Å². The molecule has 0 spiro atoms. The number of rotatable bonds is 5. The smallest absolute Gasteiger partial charge is 0.224 e. The molecule has 2 bridgehead atoms. The van der Waals surface area contributed by atoms with Crippen molar-refractivity contribution in [2.75, 3.05) is 0 Å². The molecule has 1 aromatic rings. The molecule has 4 nitrogen and oxygen atoms in total. The molecule has 3 N–H and O–H groups in total. The molecule has 0 heterocycles. The second-order valence-corrected chi connectivity index (χ2v) is 7.77. The van der Waals surface area contributed by atoms with Crippen molar-refractivity contribution in [3.63, 3.8) is 0 Å². The number of benzene rings is 1. The Morgan fingerprint density at radius 3 is 2.67 bits per heavy atom. The Bertz CT molecular complexity index is 559. The van der Waals surface area contributed by atoms with Gasteiger partial charge in [-0.1, -0.05) is 18.6 Å². The molecule has 2 aliphatic carbocycles. The third-order valence-electron chi connectivity index (χ3n) is 5.34. The minimum atomic E-state index is 0.120. The quantitative estimate of drug-likeness (QED) is 0.872. The monoisotopic (exact) mass is 330 g/mol. The molecule has 2 atom stereocenters. The fourth-order valence-corrected chi connectivity index (χ4v) is 4.45. The molecule has 3 rings (SSSR count). The highest BCUT2D eigenvalue weighted by Gasteiger charge is 2.39. The Hall–Kier alpha value is -1.55. The van der Waals surface area contributed by atoms with Gasteiger partial charge in [0.25, 0.3) is 0 Å². The molecule has 132 valence electrons. The summed E-state index contributed by atoms with van der Waals surface area (Å²) in [5.41, 5.74) is 7.17. The fourth-order valence-electron chi connectivity index (χ4n) is 4.45. The van der Waals surface area contributed by atoms with E-state index in [0.717, 1.165) is 24.2 Å². The van der Waals surface area contributed by atoms with E-state index in [2.05, 4.69) is 5.32 Å². The average Bonchev–Trinajstić information content (AvgIpc) is 2.47. The molecule has 0 saturated heterocycles. The third-order valence-corrected chi connectivity index (χ3v) is 5.34. The lowest BCUT2D eigenvalue weighted by atomic mass is 9.67. The van der Waals surface area contributed by atoms with Gasteiger partial charge in [-0.05, 0) is 69.1 Å². The molecule has 2 saturated carbocycles. The summed E-state index contributed by atoms with van der Waals surface area (Å²) in [7, 11) is 0. The Morgan fingerprint density at radius 1 is 1.29 bits per heavy atom. The zero-order chi connectivity index (χ0) is 17.1. The summed E-state index contributed by atoms with van der Waals surface area (Å²) in [6, 6.07) is 8.49. The zero-order valence-corrected chi connectivity index (χ0v) is 14.8. The second-order valence-electron chi connectivity index (χ2n) is 7.77. The van der Waals surface area contributed by atoms with Crippen LogP contribution in [0.1, 0.15) is 51.5 Å². The van der Waals surface area contributed by atoms with Crippen molar-refractivity contribution in [2.24, 2.45) is 17.6 Å². The van der Waals surface area contributed by atoms with Crippen LogP contribution >= 0.6 is 0 Å². The van der Waals surface area contributed by atoms with Crippen LogP contribution < -0.4 is 15.8 Å². The maximum Gasteiger partial charge on any atom is 0.224 e. The Morgan fingerprint density at radius 2 is 2.00 bits per heavy atom. The van der Waals surface area contributed by atoms with Crippen molar-refractivity contribution in [3.05, 3.63) is 29.8 Å². The van der Waals surface area contributed by atoms with Crippen molar-refractivity contribution >= 4 is 5.91 Å². The van der Waals surface area contributed by atoms with Gasteiger partial charge < -0.3 is 15.8 Å². The van der Waals surface area contributed by atoms with E-state index in [1.807, 2.05) is 38.1 Å². The van der Waals surface area contributed by atoms with Crippen molar-refractivity contribution < 1.29 is 9.53 Å². The van der Waals surface area contributed by atoms with Gasteiger partial charge in [0.15, 0.2) is 0 Å². The first kappa shape index (κ1) is 17.3. The van der Waals surface area contributed by atoms with E-state index in [-0.39, 0.29) is 12.0 Å². The summed E-state index contributed by atoms with van der Waals surface area (Å²) >= 11 is 0. The number of amides is 1. The number of nitrogens with two attached hydrogens (primary N) is 1. The van der Waals surface area contributed by atoms with Crippen molar-refractivity contribution in [3.8, 4) is 5.75 Å². The highest BCUT2D eigenvalue weighted by atomic mass is 16.5. The molecule has 2 unspecified atom stereocenters. The van der Waals surface area contributed by atoms with Crippen LogP contribution in [-0.4, -0.2) is 24.1 Å². The van der Waals surface area contributed by atoms with Crippen LogP contribution in [0.15, 0.2) is 24.3 Å². The summed E-state index contributed by atoms with van der Waals surface area (Å²) in [6.07, 6.45) is 6.35. The van der Waals surface area contributed by atoms with Gasteiger partial charge in [-0.3, -0.25) is 4.79 Å². The van der Waals surface area contributed by atoms with E-state index in [1.54, 1.807) is 0 Å². The molecule has 1 aromatic carbocycles. The lowest BCUT2D eigenvalue weighted by molar-refractivity contribution is -0.122. The summed E-state index contributed by atoms with van der Waals surface area (Å²) in [4.78, 5) is 12.5. The van der Waals surface area contributed by atoms with Gasteiger partial charge in [0.1, 0.15) is 5.75 Å². The van der Waals surface area contributed by atoms with E-state index in [4.69, 9.17) is 10.5 Å². The second kappa shape index (κ2) is 7.56. The molecule has 1 amide bonds. The highest BCUT2D eigenvalue weighted by molar-refractivity contribution is 5.79. The van der Waals surface area contributed by atoms with Gasteiger partial charge in [0, 0.05) is 12.1 Å². The van der Waals surface area contributed by atoms with E-state index in [1.165, 1.54) is 19.3 Å². The number of ether oxygens (including phenoxy) is 1. The Kier molecular flexibility index (Phi) is 5.44. The lowest BCUT2D eigenvalue weighted by Crippen LogP contribution is -2.54. The van der Waals surface area contributed by atoms with Gasteiger partial charge in [0.2, 0.25) is 5.91 Å². The number of carbonyl (C=O) groups is 1. The summed E-state index contributed by atoms with van der Waals surface area (Å²) < 4.78 is 5.71. The minimum absolute atomic E-state index is 0.120. The number of fused-ring (bicyclic) bond motifs is 2. The standard InChI is InChI=1S/C20H30N2O2/c1-13(2)24-18-8-3-5-14(9-18)10-19(23)22-20-15-6-4-7-16(20)12-17(21)11-15/h3,5,8-9,13,15-17,20H,4,6-7,10-12,21H2,1-2H3,(H,22,23). The first-order valence-electron chi connectivity index (χ1n) is 9.32. The molecule has 0 aliphatic heterocycles. The average molecular weight is 330 g/mol. The van der Waals surface area contributed by atoms with E-state index in [9.17, 15) is 4.79 Å². The number of hydrogen-bond donors (Lipinski definition) is 2. The molecule has 24 heavy (non-hydrogen) atoms. The van der Waals surface area contributed by atoms with E-state index in [0.29, 0.717) is 30.3 Å². The molecule has 0 radical (unpaired) electrons. The van der Waals surface area contributed by atoms with Crippen LogP contribution in [0, 0.1) is 11.8 Å². The van der Waals surface area contributed by atoms with Gasteiger partial charge in [-0.25, -0.2) is 0 Å². The van der Waals surface area contributed by atoms with Crippen molar-refractivity contribution in [1.29, 1.82) is 0 Å². The summed E-state index contributed by atoms with van der Waals surface area (Å²) in [6.45, 7) is 4.01. The Balaban J connectivity index is 1.59. The predicted octanol–water partition coefficient (Wildman–Crippen LogP) is 3.04. The van der Waals surface area contributed by atoms with Crippen LogP contribution in [0.2, 0.25) is 0 Å². The van der Waals surface area contributed by atoms with Gasteiger partial charge >= 0.3 is 0 Å². The normalized spacial score (nSPS) is 29.3. The number of nitrogens with one attached hydrogen (secondary N) is 1. The van der Waals surface area contributed by atoms with Crippen LogP contribution in [0.3, 0.4) is 0 Å². The molecule has 4 heteroatoms. The third kappa shape index (κ3) is 4.29. The van der Waals surface area contributed by atoms with Crippen LogP contribution in [0.4, 0.5) is 0 Å². The first-order chi connectivity index (χ1) is 11.5. The van der Waals surface area contributed by atoms with Gasteiger partial charge in [0.05, 0.1) is 12.5 Å². The van der Waals surface area contributed by atoms with Gasteiger partial charge in [-0.15, -0.1) is 0 Å². The molecular weight excluding hydrogens is 300 g/mol. The highest BCUT2D eigenvalue weighted by Crippen LogP contribution is 2.39. The maximum absolute atomic E-state index is 12.5. The SMILES string of the molecule is CC(C)Oc1cccc(CC(=O)NC2C3CCCC2CC(N)C3)c1. The van der Waals surface area contributed by atoms with Crippen molar-refractivity contribution in [2.45, 2.75) is 70.6 Å². The van der Waals surface area contributed by atoms with Crippen molar-refractivity contribution in [1.82, 2.24) is 5.32 Å². The fraction of sp³-hybridized carbons (Fsp3) is 0.650. The first-order valence-corrected chi connectivity index (χ1v) is 9.32. The lowest BCUT2D eigenvalue weighted by Gasteiger charge is -2.45. The number of hydrogen-bond acceptors (Lipinski definition) is 3. The molecular formula is C20H30N2O2. The van der Waals surface area contributed by atoms with E-state index < -0.39 is 0 Å². The predicted molar refractivity (Wildman–Crippen MR) is 95.9 cm³/mol. The van der Waals surface area contributed by atoms with E-state index >= 15 is 0 Å². The minimum Gasteiger partial charge on any atom is -0.491 e. The summed E-state index contributed by atoms with van der Waals surface area (Å²) in [5.74, 6) is 2.07. The Labute approximate surface area is 145 Å². The van der Waals surface area contributed by atoms with Crippen LogP contribution in [0.25, 0.3) is 0 Å². The molecule has 2 fully saturated rings. The maximum atomic E-state index is 12.5. The van der Waals surface area contributed by atoms with Crippen LogP contribution in [-0.2, 0) is 11.2 Å². The van der Waals surface area contributed by atoms with Gasteiger partial charge in [-0.2, -0.15) is 0 Å². The topological polar surface area (TPSA) is 64.3 Å². The molecule has 0 aromatic heterocycles.